The summed E-state index contributed by atoms with van der Waals surface area (Å²) in [4.78, 5) is 15.7. The van der Waals surface area contributed by atoms with Crippen LogP contribution in [0.25, 0.3) is 10.6 Å². The fourth-order valence-electron chi connectivity index (χ4n) is 2.68. The molecule has 1 aliphatic carbocycles. The predicted octanol–water partition coefficient (Wildman–Crippen LogP) is 1.61. The Labute approximate surface area is 141 Å². The van der Waals surface area contributed by atoms with Gasteiger partial charge in [-0.3, -0.25) is 10.1 Å². The van der Waals surface area contributed by atoms with E-state index in [4.69, 9.17) is 14.6 Å². The molecule has 2 aliphatic rings. The second kappa shape index (κ2) is 5.73. The van der Waals surface area contributed by atoms with Crippen LogP contribution >= 0.6 is 11.3 Å². The summed E-state index contributed by atoms with van der Waals surface area (Å²) >= 11 is 1.47. The zero-order chi connectivity index (χ0) is 16.7. The largest absolute Gasteiger partial charge is 0.480 e. The van der Waals surface area contributed by atoms with E-state index in [-0.39, 0.29) is 13.2 Å². The molecule has 8 heteroatoms. The first-order chi connectivity index (χ1) is 11.6. The van der Waals surface area contributed by atoms with Gasteiger partial charge in [-0.2, -0.15) is 0 Å². The maximum atomic E-state index is 11.1. The van der Waals surface area contributed by atoms with Gasteiger partial charge in [0.25, 0.3) is 0 Å². The number of ether oxygens (including phenoxy) is 2. The Morgan fingerprint density at radius 1 is 1.38 bits per heavy atom. The number of fused-ring (bicyclic) bond motifs is 1. The molecule has 126 valence electrons. The highest BCUT2D eigenvalue weighted by Gasteiger charge is 2.51. The smallest absolute Gasteiger partial charge is 0.323 e. The fraction of sp³-hybridized carbons (Fsp3) is 0.375. The minimum Gasteiger partial charge on any atom is -0.480 e. The molecule has 1 fully saturated rings. The molecule has 1 aromatic heterocycles. The first kappa shape index (κ1) is 15.4. The minimum absolute atomic E-state index is 0.227. The third kappa shape index (κ3) is 2.83. The lowest BCUT2D eigenvalue weighted by molar-refractivity contribution is -0.141. The first-order valence-corrected chi connectivity index (χ1v) is 8.47. The Balaban J connectivity index is 1.44. The zero-order valence-electron chi connectivity index (χ0n) is 12.7. The van der Waals surface area contributed by atoms with Crippen LogP contribution in [0, 0.1) is 0 Å². The number of aliphatic carboxylic acids is 1. The topological polar surface area (TPSA) is 101 Å². The Bertz CT molecular complexity index is 787. The summed E-state index contributed by atoms with van der Waals surface area (Å²) in [5.41, 5.74) is 0.672. The SMILES string of the molecule is O=C(O)C1(NC(O)Cc2csc(-c3ccc4c(c3)OCO4)n2)CC1. The standard InChI is InChI=1S/C16H16N2O5S/c19-13(18-16(3-4-16)15(20)21)6-10-7-24-14(17-10)9-1-2-11-12(5-9)23-8-22-11/h1-2,5,7,13,18-19H,3-4,6,8H2,(H,20,21). The molecule has 0 spiro atoms. The molecule has 4 rings (SSSR count). The first-order valence-electron chi connectivity index (χ1n) is 7.59. The average molecular weight is 348 g/mol. The van der Waals surface area contributed by atoms with Crippen molar-refractivity contribution in [2.24, 2.45) is 0 Å². The highest BCUT2D eigenvalue weighted by atomic mass is 32.1. The van der Waals surface area contributed by atoms with E-state index in [1.165, 1.54) is 11.3 Å². The molecule has 0 bridgehead atoms. The van der Waals surface area contributed by atoms with Crippen molar-refractivity contribution in [1.29, 1.82) is 0 Å². The highest BCUT2D eigenvalue weighted by molar-refractivity contribution is 7.13. The molecule has 1 unspecified atom stereocenters. The monoisotopic (exact) mass is 348 g/mol. The van der Waals surface area contributed by atoms with Crippen molar-refractivity contribution in [3.63, 3.8) is 0 Å². The van der Waals surface area contributed by atoms with Crippen LogP contribution in [-0.2, 0) is 11.2 Å². The van der Waals surface area contributed by atoms with Crippen LogP contribution in [-0.4, -0.2) is 39.7 Å². The quantitative estimate of drug-likeness (QED) is 0.682. The molecule has 0 amide bonds. The van der Waals surface area contributed by atoms with E-state index < -0.39 is 17.7 Å². The van der Waals surface area contributed by atoms with E-state index >= 15 is 0 Å². The number of carboxylic acid groups (broad SMARTS) is 1. The van der Waals surface area contributed by atoms with E-state index in [9.17, 15) is 9.90 Å². The third-order valence-corrected chi connectivity index (χ3v) is 5.12. The molecular weight excluding hydrogens is 332 g/mol. The van der Waals surface area contributed by atoms with Crippen LogP contribution in [0.1, 0.15) is 18.5 Å². The number of carboxylic acids is 1. The van der Waals surface area contributed by atoms with Crippen LogP contribution in [0.15, 0.2) is 23.6 Å². The number of aromatic nitrogens is 1. The van der Waals surface area contributed by atoms with E-state index in [1.807, 2.05) is 23.6 Å². The van der Waals surface area contributed by atoms with E-state index in [0.717, 1.165) is 16.3 Å². The van der Waals surface area contributed by atoms with Gasteiger partial charge in [0.15, 0.2) is 11.5 Å². The number of nitrogens with zero attached hydrogens (tertiary/aromatic N) is 1. The molecule has 3 N–H and O–H groups in total. The van der Waals surface area contributed by atoms with Crippen LogP contribution < -0.4 is 14.8 Å². The lowest BCUT2D eigenvalue weighted by Crippen LogP contribution is -2.46. The van der Waals surface area contributed by atoms with Crippen molar-refractivity contribution in [2.75, 3.05) is 6.79 Å². The Kier molecular flexibility index (Phi) is 3.67. The minimum atomic E-state index is -0.963. The van der Waals surface area contributed by atoms with Crippen molar-refractivity contribution in [3.05, 3.63) is 29.3 Å². The molecule has 1 aromatic carbocycles. The second-order valence-corrected chi connectivity index (χ2v) is 6.82. The zero-order valence-corrected chi connectivity index (χ0v) is 13.5. The van der Waals surface area contributed by atoms with Crippen molar-refractivity contribution in [1.82, 2.24) is 10.3 Å². The molecule has 7 nitrogen and oxygen atoms in total. The maximum Gasteiger partial charge on any atom is 0.323 e. The van der Waals surface area contributed by atoms with Gasteiger partial charge < -0.3 is 19.7 Å². The summed E-state index contributed by atoms with van der Waals surface area (Å²) in [5.74, 6) is 0.502. The molecule has 0 saturated heterocycles. The summed E-state index contributed by atoms with van der Waals surface area (Å²) in [7, 11) is 0. The van der Waals surface area contributed by atoms with Gasteiger partial charge in [-0.25, -0.2) is 4.98 Å². The summed E-state index contributed by atoms with van der Waals surface area (Å²) in [6.07, 6.45) is 0.406. The summed E-state index contributed by atoms with van der Waals surface area (Å²) in [6, 6.07) is 5.64. The van der Waals surface area contributed by atoms with Gasteiger partial charge in [-0.15, -0.1) is 11.3 Å². The number of benzene rings is 1. The number of carbonyl (C=O) groups is 1. The molecule has 24 heavy (non-hydrogen) atoms. The van der Waals surface area contributed by atoms with Crippen molar-refractivity contribution in [3.8, 4) is 22.1 Å². The van der Waals surface area contributed by atoms with E-state index in [0.29, 0.717) is 24.3 Å². The number of hydrogen-bond donors (Lipinski definition) is 3. The number of thiazole rings is 1. The number of hydrogen-bond acceptors (Lipinski definition) is 7. The summed E-state index contributed by atoms with van der Waals surface area (Å²) < 4.78 is 10.7. The highest BCUT2D eigenvalue weighted by Crippen LogP contribution is 2.37. The maximum absolute atomic E-state index is 11.1. The van der Waals surface area contributed by atoms with Gasteiger partial charge in [-0.05, 0) is 31.0 Å². The number of aliphatic hydroxyl groups is 1. The molecular formula is C16H16N2O5S. The normalized spacial score (nSPS) is 18.4. The summed E-state index contributed by atoms with van der Waals surface area (Å²) in [5, 5.41) is 24.7. The van der Waals surface area contributed by atoms with Gasteiger partial charge in [0.05, 0.1) is 5.69 Å². The van der Waals surface area contributed by atoms with Crippen LogP contribution in [0.3, 0.4) is 0 Å². The Morgan fingerprint density at radius 3 is 2.92 bits per heavy atom. The molecule has 1 atom stereocenters. The average Bonchev–Trinajstić information content (AvgIpc) is 2.97. The molecule has 0 radical (unpaired) electrons. The van der Waals surface area contributed by atoms with Crippen LogP contribution in [0.5, 0.6) is 11.5 Å². The second-order valence-electron chi connectivity index (χ2n) is 5.96. The number of rotatable bonds is 6. The van der Waals surface area contributed by atoms with Crippen LogP contribution in [0.2, 0.25) is 0 Å². The van der Waals surface area contributed by atoms with Crippen molar-refractivity contribution < 1.29 is 24.5 Å². The van der Waals surface area contributed by atoms with Crippen molar-refractivity contribution in [2.45, 2.75) is 31.0 Å². The molecule has 1 aliphatic heterocycles. The number of aliphatic hydroxyl groups excluding tert-OH is 1. The van der Waals surface area contributed by atoms with Gasteiger partial charge in [0.1, 0.15) is 16.8 Å². The van der Waals surface area contributed by atoms with E-state index in [1.54, 1.807) is 0 Å². The Hall–Kier alpha value is -2.16. The fourth-order valence-corrected chi connectivity index (χ4v) is 3.51. The molecule has 2 heterocycles. The lowest BCUT2D eigenvalue weighted by atomic mass is 10.2. The van der Waals surface area contributed by atoms with Gasteiger partial charge >= 0.3 is 5.97 Å². The van der Waals surface area contributed by atoms with Crippen LogP contribution in [0.4, 0.5) is 0 Å². The lowest BCUT2D eigenvalue weighted by Gasteiger charge is -2.17. The van der Waals surface area contributed by atoms with Gasteiger partial charge in [0, 0.05) is 17.4 Å². The number of nitrogens with one attached hydrogen (secondary N) is 1. The summed E-state index contributed by atoms with van der Waals surface area (Å²) in [6.45, 7) is 0.227. The predicted molar refractivity (Wildman–Crippen MR) is 86.1 cm³/mol. The third-order valence-electron chi connectivity index (χ3n) is 4.18. The van der Waals surface area contributed by atoms with Crippen molar-refractivity contribution >= 4 is 17.3 Å². The van der Waals surface area contributed by atoms with Gasteiger partial charge in [0.2, 0.25) is 6.79 Å². The Morgan fingerprint density at radius 2 is 2.17 bits per heavy atom. The van der Waals surface area contributed by atoms with Gasteiger partial charge in [-0.1, -0.05) is 0 Å². The molecule has 1 saturated carbocycles. The molecule has 2 aromatic rings. The van der Waals surface area contributed by atoms with E-state index in [2.05, 4.69) is 10.3 Å².